The third kappa shape index (κ3) is 3.59. The molecule has 4 N–H and O–H groups in total. The molecule has 29 heavy (non-hydrogen) atoms. The van der Waals surface area contributed by atoms with E-state index in [4.69, 9.17) is 11.1 Å². The van der Waals surface area contributed by atoms with Crippen molar-refractivity contribution in [3.63, 3.8) is 0 Å². The van der Waals surface area contributed by atoms with Gasteiger partial charge in [-0.25, -0.2) is 0 Å². The summed E-state index contributed by atoms with van der Waals surface area (Å²) in [6, 6.07) is 15.7. The van der Waals surface area contributed by atoms with E-state index in [1.54, 1.807) is 12.3 Å². The molecule has 2 aromatic rings. The molecule has 0 fully saturated rings. The highest BCUT2D eigenvalue weighted by atomic mass is 16.2. The summed E-state index contributed by atoms with van der Waals surface area (Å²) in [7, 11) is 0. The fraction of sp³-hybridized carbons (Fsp3) is 0.261. The molecule has 0 spiro atoms. The SMILES string of the molecule is CC1(C)NC(=O)c2ccc(C(=N)C3C=CC=NC3N)cc2N1Cc1ccccc1. The van der Waals surface area contributed by atoms with Crippen molar-refractivity contribution in [1.82, 2.24) is 5.32 Å². The Morgan fingerprint density at radius 3 is 2.72 bits per heavy atom. The average Bonchev–Trinajstić information content (AvgIpc) is 2.71. The highest BCUT2D eigenvalue weighted by molar-refractivity contribution is 6.07. The number of nitrogens with one attached hydrogen (secondary N) is 2. The highest BCUT2D eigenvalue weighted by Crippen LogP contribution is 2.34. The molecule has 2 unspecified atom stereocenters. The standard InChI is InChI=1S/C23H25N5O/c1-23(2)27-22(29)17-11-10-16(20(24)18-9-6-12-26-21(18)25)13-19(17)28(23)14-15-7-4-3-5-8-15/h3-13,18,21,24H,14,25H2,1-2H3,(H,27,29). The van der Waals surface area contributed by atoms with Crippen LogP contribution in [0.2, 0.25) is 0 Å². The average molecular weight is 387 g/mol. The van der Waals surface area contributed by atoms with Crippen LogP contribution in [0.15, 0.2) is 65.7 Å². The summed E-state index contributed by atoms with van der Waals surface area (Å²) < 4.78 is 0. The van der Waals surface area contributed by atoms with Gasteiger partial charge in [0.05, 0.1) is 17.2 Å². The molecule has 0 bridgehead atoms. The quantitative estimate of drug-likeness (QED) is 0.704. The Balaban J connectivity index is 1.74. The molecule has 2 aromatic carbocycles. The molecular weight excluding hydrogens is 362 g/mol. The minimum Gasteiger partial charge on any atom is -0.344 e. The van der Waals surface area contributed by atoms with E-state index < -0.39 is 11.8 Å². The number of allylic oxidation sites excluding steroid dienone is 1. The number of anilines is 1. The minimum atomic E-state index is -0.563. The predicted octanol–water partition coefficient (Wildman–Crippen LogP) is 3.08. The van der Waals surface area contributed by atoms with Gasteiger partial charge in [0.25, 0.3) is 5.91 Å². The first kappa shape index (κ1) is 19.1. The number of carbonyl (C=O) groups is 1. The molecule has 4 rings (SSSR count). The number of amides is 1. The van der Waals surface area contributed by atoms with Crippen molar-refractivity contribution >= 4 is 23.5 Å². The predicted molar refractivity (Wildman–Crippen MR) is 117 cm³/mol. The smallest absolute Gasteiger partial charge is 0.255 e. The lowest BCUT2D eigenvalue weighted by Gasteiger charge is -2.45. The van der Waals surface area contributed by atoms with E-state index in [0.29, 0.717) is 17.8 Å². The van der Waals surface area contributed by atoms with E-state index in [9.17, 15) is 4.79 Å². The first-order valence-corrected chi connectivity index (χ1v) is 9.69. The molecule has 0 aromatic heterocycles. The Hall–Kier alpha value is -3.25. The highest BCUT2D eigenvalue weighted by Gasteiger charge is 2.37. The Kier molecular flexibility index (Phi) is 4.80. The molecule has 2 heterocycles. The van der Waals surface area contributed by atoms with Gasteiger partial charge in [-0.15, -0.1) is 0 Å². The van der Waals surface area contributed by atoms with Gasteiger partial charge in [0.1, 0.15) is 11.8 Å². The van der Waals surface area contributed by atoms with Gasteiger partial charge in [0.15, 0.2) is 0 Å². The summed E-state index contributed by atoms with van der Waals surface area (Å²) in [5.74, 6) is -0.391. The molecule has 2 aliphatic heterocycles. The Morgan fingerprint density at radius 1 is 1.24 bits per heavy atom. The fourth-order valence-electron chi connectivity index (χ4n) is 3.86. The van der Waals surface area contributed by atoms with Crippen LogP contribution in [-0.4, -0.2) is 29.7 Å². The maximum absolute atomic E-state index is 12.7. The Morgan fingerprint density at radius 2 is 2.00 bits per heavy atom. The molecule has 148 valence electrons. The van der Waals surface area contributed by atoms with Crippen molar-refractivity contribution in [2.75, 3.05) is 4.90 Å². The van der Waals surface area contributed by atoms with Crippen LogP contribution in [0.5, 0.6) is 0 Å². The third-order valence-electron chi connectivity index (χ3n) is 5.49. The van der Waals surface area contributed by atoms with Gasteiger partial charge in [-0.3, -0.25) is 9.79 Å². The van der Waals surface area contributed by atoms with Gasteiger partial charge in [-0.05, 0) is 43.2 Å². The summed E-state index contributed by atoms with van der Waals surface area (Å²) >= 11 is 0. The van der Waals surface area contributed by atoms with Crippen molar-refractivity contribution in [2.45, 2.75) is 32.2 Å². The molecule has 2 atom stereocenters. The molecule has 1 amide bonds. The van der Waals surface area contributed by atoms with Crippen molar-refractivity contribution in [2.24, 2.45) is 16.6 Å². The summed E-state index contributed by atoms with van der Waals surface area (Å²) in [5, 5.41) is 11.8. The summed E-state index contributed by atoms with van der Waals surface area (Å²) in [5.41, 5.74) is 9.25. The second-order valence-corrected chi connectivity index (χ2v) is 7.93. The fourth-order valence-corrected chi connectivity index (χ4v) is 3.86. The number of nitrogens with zero attached hydrogens (tertiary/aromatic N) is 2. The minimum absolute atomic E-state index is 0.105. The molecule has 6 nitrogen and oxygen atoms in total. The molecule has 0 radical (unpaired) electrons. The third-order valence-corrected chi connectivity index (χ3v) is 5.49. The van der Waals surface area contributed by atoms with Crippen molar-refractivity contribution in [1.29, 1.82) is 5.41 Å². The first-order valence-electron chi connectivity index (χ1n) is 9.69. The van der Waals surface area contributed by atoms with Crippen LogP contribution in [0.3, 0.4) is 0 Å². The van der Waals surface area contributed by atoms with Crippen molar-refractivity contribution in [3.8, 4) is 0 Å². The lowest BCUT2D eigenvalue weighted by molar-refractivity contribution is 0.0897. The second kappa shape index (κ2) is 7.29. The van der Waals surface area contributed by atoms with E-state index >= 15 is 0 Å². The monoisotopic (exact) mass is 387 g/mol. The van der Waals surface area contributed by atoms with Gasteiger partial charge >= 0.3 is 0 Å². The number of aliphatic imine (C=N–C) groups is 1. The summed E-state index contributed by atoms with van der Waals surface area (Å²) in [6.45, 7) is 4.62. The van der Waals surface area contributed by atoms with E-state index in [1.165, 1.54) is 0 Å². The Labute approximate surface area is 170 Å². The van der Waals surface area contributed by atoms with Crippen LogP contribution in [0.25, 0.3) is 0 Å². The Bertz CT molecular complexity index is 1010. The zero-order chi connectivity index (χ0) is 20.6. The van der Waals surface area contributed by atoms with Crippen LogP contribution in [0.4, 0.5) is 5.69 Å². The molecule has 6 heteroatoms. The van der Waals surface area contributed by atoms with Crippen LogP contribution in [0.1, 0.15) is 35.3 Å². The van der Waals surface area contributed by atoms with Gasteiger partial charge in [0.2, 0.25) is 0 Å². The molecular formula is C23H25N5O. The van der Waals surface area contributed by atoms with Gasteiger partial charge in [-0.1, -0.05) is 42.5 Å². The van der Waals surface area contributed by atoms with Crippen LogP contribution in [0, 0.1) is 11.3 Å². The largest absolute Gasteiger partial charge is 0.344 e. The van der Waals surface area contributed by atoms with Crippen LogP contribution >= 0.6 is 0 Å². The number of benzene rings is 2. The van der Waals surface area contributed by atoms with Crippen LogP contribution < -0.4 is 16.0 Å². The molecule has 2 aliphatic rings. The maximum Gasteiger partial charge on any atom is 0.255 e. The van der Waals surface area contributed by atoms with Gasteiger partial charge in [-0.2, -0.15) is 0 Å². The zero-order valence-electron chi connectivity index (χ0n) is 16.6. The van der Waals surface area contributed by atoms with Crippen LogP contribution in [-0.2, 0) is 6.54 Å². The number of nitrogens with two attached hydrogens (primary N) is 1. The lowest BCUT2D eigenvalue weighted by atomic mass is 9.90. The maximum atomic E-state index is 12.7. The van der Waals surface area contributed by atoms with Crippen molar-refractivity contribution < 1.29 is 4.79 Å². The molecule has 0 saturated heterocycles. The van der Waals surface area contributed by atoms with Gasteiger partial charge < -0.3 is 21.4 Å². The van der Waals surface area contributed by atoms with Gasteiger partial charge in [0, 0.05) is 18.5 Å². The molecule has 0 saturated carbocycles. The topological polar surface area (TPSA) is 94.6 Å². The van der Waals surface area contributed by atoms with E-state index in [1.807, 2.05) is 56.3 Å². The number of rotatable bonds is 4. The summed E-state index contributed by atoms with van der Waals surface area (Å²) in [4.78, 5) is 19.1. The molecule has 0 aliphatic carbocycles. The first-order chi connectivity index (χ1) is 13.9. The second-order valence-electron chi connectivity index (χ2n) is 7.93. The number of dihydropyridines is 1. The zero-order valence-corrected chi connectivity index (χ0v) is 16.6. The van der Waals surface area contributed by atoms with E-state index in [-0.39, 0.29) is 11.8 Å². The number of fused-ring (bicyclic) bond motifs is 1. The summed E-state index contributed by atoms with van der Waals surface area (Å²) in [6.07, 6.45) is 4.91. The van der Waals surface area contributed by atoms with Crippen molar-refractivity contribution in [3.05, 3.63) is 77.4 Å². The lowest BCUT2D eigenvalue weighted by Crippen LogP contribution is -2.60. The normalized spacial score (nSPS) is 22.2. The number of hydrogen-bond donors (Lipinski definition) is 3. The number of carbonyl (C=O) groups excluding carboxylic acids is 1. The van der Waals surface area contributed by atoms with E-state index in [2.05, 4.69) is 27.3 Å². The number of hydrogen-bond acceptors (Lipinski definition) is 5. The van der Waals surface area contributed by atoms with E-state index in [0.717, 1.165) is 16.8 Å².